The summed E-state index contributed by atoms with van der Waals surface area (Å²) in [5.41, 5.74) is 0.984. The van der Waals surface area contributed by atoms with Gasteiger partial charge in [-0.25, -0.2) is 4.79 Å². The molecule has 0 aromatic heterocycles. The number of hydrogen-bond donors (Lipinski definition) is 1. The number of amides is 1. The average molecular weight is 300 g/mol. The van der Waals surface area contributed by atoms with Crippen molar-refractivity contribution in [3.8, 4) is 5.75 Å². The lowest BCUT2D eigenvalue weighted by atomic mass is 10.0. The second kappa shape index (κ2) is 5.40. The van der Waals surface area contributed by atoms with Crippen molar-refractivity contribution in [3.05, 3.63) is 28.2 Å². The Morgan fingerprint density at radius 3 is 3.12 bits per heavy atom. The standard InChI is InChI=1S/C12H14BrNO3/c1-2-16-11-4-3-8(13)7-9(11)10-5-6-17-12(15)14-10/h3-4,7,10H,2,5-6H2,1H3,(H,14,15)/t10-/m1/s1. The summed E-state index contributed by atoms with van der Waals surface area (Å²) in [6.07, 6.45) is 0.381. The molecule has 1 atom stereocenters. The van der Waals surface area contributed by atoms with Gasteiger partial charge in [0.25, 0.3) is 0 Å². The van der Waals surface area contributed by atoms with Crippen LogP contribution in [0.1, 0.15) is 24.9 Å². The third-order valence-electron chi connectivity index (χ3n) is 2.58. The quantitative estimate of drug-likeness (QED) is 0.933. The fraction of sp³-hybridized carbons (Fsp3) is 0.417. The predicted octanol–water partition coefficient (Wildman–Crippen LogP) is 3.02. The van der Waals surface area contributed by atoms with E-state index in [4.69, 9.17) is 9.47 Å². The van der Waals surface area contributed by atoms with Crippen molar-refractivity contribution >= 4 is 22.0 Å². The Hall–Kier alpha value is -1.23. The third-order valence-corrected chi connectivity index (χ3v) is 3.07. The van der Waals surface area contributed by atoms with Crippen LogP contribution >= 0.6 is 15.9 Å². The molecule has 0 unspecified atom stereocenters. The second-order valence-corrected chi connectivity index (χ2v) is 4.65. The summed E-state index contributed by atoms with van der Waals surface area (Å²) in [5.74, 6) is 0.808. The number of hydrogen-bond acceptors (Lipinski definition) is 3. The van der Waals surface area contributed by atoms with E-state index in [0.717, 1.165) is 22.2 Å². The van der Waals surface area contributed by atoms with E-state index in [9.17, 15) is 4.79 Å². The summed E-state index contributed by atoms with van der Waals surface area (Å²) in [4.78, 5) is 11.2. The van der Waals surface area contributed by atoms with Crippen LogP contribution < -0.4 is 10.1 Å². The maximum Gasteiger partial charge on any atom is 0.407 e. The van der Waals surface area contributed by atoms with E-state index in [2.05, 4.69) is 21.2 Å². The van der Waals surface area contributed by atoms with E-state index in [0.29, 0.717) is 13.2 Å². The van der Waals surface area contributed by atoms with E-state index in [1.165, 1.54) is 0 Å². The molecule has 1 saturated heterocycles. The van der Waals surface area contributed by atoms with Gasteiger partial charge in [-0.05, 0) is 25.1 Å². The molecule has 0 bridgehead atoms. The van der Waals surface area contributed by atoms with Crippen LogP contribution in [-0.2, 0) is 4.74 Å². The maximum absolute atomic E-state index is 11.2. The molecule has 1 amide bonds. The van der Waals surface area contributed by atoms with Crippen molar-refractivity contribution in [2.75, 3.05) is 13.2 Å². The van der Waals surface area contributed by atoms with Gasteiger partial charge in [0, 0.05) is 16.5 Å². The highest BCUT2D eigenvalue weighted by atomic mass is 79.9. The van der Waals surface area contributed by atoms with E-state index < -0.39 is 0 Å². The fourth-order valence-corrected chi connectivity index (χ4v) is 2.22. The largest absolute Gasteiger partial charge is 0.494 e. The molecule has 1 aliphatic heterocycles. The van der Waals surface area contributed by atoms with E-state index >= 15 is 0 Å². The lowest BCUT2D eigenvalue weighted by Crippen LogP contribution is -2.35. The zero-order valence-electron chi connectivity index (χ0n) is 9.53. The first-order valence-electron chi connectivity index (χ1n) is 5.56. The highest BCUT2D eigenvalue weighted by Crippen LogP contribution is 2.31. The van der Waals surface area contributed by atoms with Crippen LogP contribution in [0.2, 0.25) is 0 Å². The number of ether oxygens (including phenoxy) is 2. The van der Waals surface area contributed by atoms with Crippen molar-refractivity contribution in [2.24, 2.45) is 0 Å². The number of carbonyl (C=O) groups is 1. The summed E-state index contributed by atoms with van der Waals surface area (Å²) in [6, 6.07) is 5.76. The second-order valence-electron chi connectivity index (χ2n) is 3.74. The Kier molecular flexibility index (Phi) is 3.89. The smallest absolute Gasteiger partial charge is 0.407 e. The van der Waals surface area contributed by atoms with Gasteiger partial charge >= 0.3 is 6.09 Å². The minimum atomic E-state index is -0.372. The van der Waals surface area contributed by atoms with Gasteiger partial charge in [-0.2, -0.15) is 0 Å². The van der Waals surface area contributed by atoms with E-state index in [1.807, 2.05) is 25.1 Å². The first-order chi connectivity index (χ1) is 8.20. The topological polar surface area (TPSA) is 47.6 Å². The van der Waals surface area contributed by atoms with Crippen molar-refractivity contribution in [2.45, 2.75) is 19.4 Å². The molecule has 1 aromatic rings. The summed E-state index contributed by atoms with van der Waals surface area (Å²) in [7, 11) is 0. The highest BCUT2D eigenvalue weighted by Gasteiger charge is 2.23. The molecule has 4 nitrogen and oxygen atoms in total. The Balaban J connectivity index is 2.28. The molecule has 0 saturated carbocycles. The Morgan fingerprint density at radius 2 is 2.41 bits per heavy atom. The number of cyclic esters (lactones) is 1. The Labute approximate surface area is 108 Å². The molecule has 0 spiro atoms. The van der Waals surface area contributed by atoms with Gasteiger partial charge in [-0.1, -0.05) is 15.9 Å². The molecule has 2 rings (SSSR count). The molecular weight excluding hydrogens is 286 g/mol. The number of alkyl carbamates (subject to hydrolysis) is 1. The molecule has 1 N–H and O–H groups in total. The summed E-state index contributed by atoms with van der Waals surface area (Å²) < 4.78 is 11.4. The lowest BCUT2D eigenvalue weighted by Gasteiger charge is -2.25. The molecule has 5 heteroatoms. The Bertz CT molecular complexity index is 422. The maximum atomic E-state index is 11.2. The number of rotatable bonds is 3. The fourth-order valence-electron chi connectivity index (χ4n) is 1.84. The van der Waals surface area contributed by atoms with Crippen LogP contribution in [0.25, 0.3) is 0 Å². The average Bonchev–Trinajstić information content (AvgIpc) is 2.32. The predicted molar refractivity (Wildman–Crippen MR) is 67.2 cm³/mol. The summed E-state index contributed by atoms with van der Waals surface area (Å²) in [5, 5.41) is 2.80. The van der Waals surface area contributed by atoms with Crippen LogP contribution in [0.3, 0.4) is 0 Å². The third kappa shape index (κ3) is 2.91. The lowest BCUT2D eigenvalue weighted by molar-refractivity contribution is 0.115. The van der Waals surface area contributed by atoms with E-state index in [1.54, 1.807) is 0 Å². The van der Waals surface area contributed by atoms with Crippen LogP contribution in [0, 0.1) is 0 Å². The van der Waals surface area contributed by atoms with Gasteiger partial charge in [0.05, 0.1) is 19.3 Å². The molecule has 17 heavy (non-hydrogen) atoms. The van der Waals surface area contributed by atoms with Crippen LogP contribution in [0.15, 0.2) is 22.7 Å². The molecule has 1 fully saturated rings. The van der Waals surface area contributed by atoms with E-state index in [-0.39, 0.29) is 12.1 Å². The van der Waals surface area contributed by atoms with Crippen molar-refractivity contribution < 1.29 is 14.3 Å². The van der Waals surface area contributed by atoms with Gasteiger partial charge in [-0.15, -0.1) is 0 Å². The first-order valence-corrected chi connectivity index (χ1v) is 6.35. The van der Waals surface area contributed by atoms with Crippen molar-refractivity contribution in [1.29, 1.82) is 0 Å². The highest BCUT2D eigenvalue weighted by molar-refractivity contribution is 9.10. The monoisotopic (exact) mass is 299 g/mol. The first kappa shape index (κ1) is 12.2. The van der Waals surface area contributed by atoms with Crippen LogP contribution in [-0.4, -0.2) is 19.3 Å². The van der Waals surface area contributed by atoms with Crippen LogP contribution in [0.4, 0.5) is 4.79 Å². The zero-order chi connectivity index (χ0) is 12.3. The number of benzene rings is 1. The van der Waals surface area contributed by atoms with Gasteiger partial charge in [-0.3, -0.25) is 0 Å². The summed E-state index contributed by atoms with van der Waals surface area (Å²) in [6.45, 7) is 2.98. The number of halogens is 1. The molecule has 0 radical (unpaired) electrons. The van der Waals surface area contributed by atoms with Crippen molar-refractivity contribution in [1.82, 2.24) is 5.32 Å². The molecule has 1 heterocycles. The minimum Gasteiger partial charge on any atom is -0.494 e. The van der Waals surface area contributed by atoms with Crippen LogP contribution in [0.5, 0.6) is 5.75 Å². The summed E-state index contributed by atoms with van der Waals surface area (Å²) >= 11 is 3.43. The minimum absolute atomic E-state index is 0.0460. The normalized spacial score (nSPS) is 19.4. The SMILES string of the molecule is CCOc1ccc(Br)cc1[C@H]1CCOC(=O)N1. The molecule has 92 valence electrons. The Morgan fingerprint density at radius 1 is 1.59 bits per heavy atom. The molecule has 0 aliphatic carbocycles. The van der Waals surface area contributed by atoms with Gasteiger partial charge in [0.1, 0.15) is 5.75 Å². The number of carbonyl (C=O) groups excluding carboxylic acids is 1. The van der Waals surface area contributed by atoms with Gasteiger partial charge in [0.2, 0.25) is 0 Å². The molecular formula is C12H14BrNO3. The molecule has 1 aliphatic rings. The van der Waals surface area contributed by atoms with Crippen molar-refractivity contribution in [3.63, 3.8) is 0 Å². The zero-order valence-corrected chi connectivity index (χ0v) is 11.1. The van der Waals surface area contributed by atoms with Gasteiger partial charge < -0.3 is 14.8 Å². The van der Waals surface area contributed by atoms with Gasteiger partial charge in [0.15, 0.2) is 0 Å². The number of nitrogens with one attached hydrogen (secondary N) is 1. The molecule has 1 aromatic carbocycles.